The number of hydrogen-bond donors (Lipinski definition) is 2. The van der Waals surface area contributed by atoms with Gasteiger partial charge in [0.15, 0.2) is 0 Å². The number of hydrogen-bond acceptors (Lipinski definition) is 3. The maximum atomic E-state index is 12.0. The molecule has 0 aromatic heterocycles. The largest absolute Gasteiger partial charge is 0.368 e. The Balaban J connectivity index is 2.09. The Labute approximate surface area is 132 Å². The van der Waals surface area contributed by atoms with E-state index in [9.17, 15) is 9.59 Å². The Kier molecular flexibility index (Phi) is 5.45. The Bertz CT molecular complexity index is 525. The van der Waals surface area contributed by atoms with Crippen molar-refractivity contribution in [2.75, 3.05) is 6.61 Å². The molecule has 114 valence electrons. The summed E-state index contributed by atoms with van der Waals surface area (Å²) in [6.07, 6.45) is 1.10. The normalized spacial score (nSPS) is 19.2. The van der Waals surface area contributed by atoms with E-state index in [4.69, 9.17) is 33.7 Å². The molecule has 0 spiro atoms. The fourth-order valence-corrected chi connectivity index (χ4v) is 2.76. The van der Waals surface area contributed by atoms with Gasteiger partial charge in [0.05, 0.1) is 0 Å². The van der Waals surface area contributed by atoms with Crippen molar-refractivity contribution >= 4 is 35.0 Å². The maximum Gasteiger partial charge on any atom is 0.249 e. The summed E-state index contributed by atoms with van der Waals surface area (Å²) >= 11 is 12.1. The first kappa shape index (κ1) is 16.1. The third kappa shape index (κ3) is 4.09. The molecule has 0 aliphatic carbocycles. The Morgan fingerprint density at radius 1 is 1.38 bits per heavy atom. The third-order valence-corrected chi connectivity index (χ3v) is 4.06. The van der Waals surface area contributed by atoms with E-state index in [0.29, 0.717) is 28.6 Å². The fourth-order valence-electron chi connectivity index (χ4n) is 2.20. The summed E-state index contributed by atoms with van der Waals surface area (Å²) in [5, 5.41) is 3.47. The highest BCUT2D eigenvalue weighted by Crippen LogP contribution is 2.25. The standard InChI is InChI=1S/C14H16Cl2N2O3/c15-9-3-1-4-10(16)8(9)7-11(13(17)19)18-14(20)12-5-2-6-21-12/h1,3-4,11-12H,2,5-7H2,(H2,17,19)(H,18,20)/t11-,12+/m0/s1. The van der Waals surface area contributed by atoms with Crippen molar-refractivity contribution in [2.45, 2.75) is 31.4 Å². The van der Waals surface area contributed by atoms with Crippen LogP contribution in [0, 0.1) is 0 Å². The predicted molar refractivity (Wildman–Crippen MR) is 80.3 cm³/mol. The minimum atomic E-state index is -0.876. The molecular formula is C14H16Cl2N2O3. The second-order valence-electron chi connectivity index (χ2n) is 4.87. The van der Waals surface area contributed by atoms with Gasteiger partial charge in [0, 0.05) is 23.1 Å². The third-order valence-electron chi connectivity index (χ3n) is 3.35. The number of nitrogens with two attached hydrogens (primary N) is 1. The van der Waals surface area contributed by atoms with Gasteiger partial charge in [-0.1, -0.05) is 29.3 Å². The zero-order valence-electron chi connectivity index (χ0n) is 11.3. The van der Waals surface area contributed by atoms with Crippen LogP contribution in [-0.4, -0.2) is 30.6 Å². The molecule has 0 saturated carbocycles. The second kappa shape index (κ2) is 7.11. The van der Waals surface area contributed by atoms with E-state index < -0.39 is 18.1 Å². The quantitative estimate of drug-likeness (QED) is 0.861. The molecule has 7 heteroatoms. The summed E-state index contributed by atoms with van der Waals surface area (Å²) in [5.74, 6) is -0.975. The van der Waals surface area contributed by atoms with Crippen molar-refractivity contribution in [3.05, 3.63) is 33.8 Å². The van der Waals surface area contributed by atoms with Crippen LogP contribution >= 0.6 is 23.2 Å². The first-order valence-corrected chi connectivity index (χ1v) is 7.39. The van der Waals surface area contributed by atoms with Crippen molar-refractivity contribution < 1.29 is 14.3 Å². The summed E-state index contributed by atoms with van der Waals surface area (Å²) in [5.41, 5.74) is 5.93. The highest BCUT2D eigenvalue weighted by Gasteiger charge is 2.28. The van der Waals surface area contributed by atoms with Crippen LogP contribution in [0.5, 0.6) is 0 Å². The number of nitrogens with one attached hydrogen (secondary N) is 1. The summed E-state index contributed by atoms with van der Waals surface area (Å²) in [7, 11) is 0. The van der Waals surface area contributed by atoms with Gasteiger partial charge < -0.3 is 15.8 Å². The lowest BCUT2D eigenvalue weighted by Crippen LogP contribution is -2.49. The number of rotatable bonds is 5. The van der Waals surface area contributed by atoms with E-state index in [1.165, 1.54) is 0 Å². The number of carbonyl (C=O) groups excluding carboxylic acids is 2. The molecule has 2 atom stereocenters. The molecule has 1 aliphatic rings. The number of carbonyl (C=O) groups is 2. The Morgan fingerprint density at radius 2 is 2.05 bits per heavy atom. The molecule has 1 aliphatic heterocycles. The fraction of sp³-hybridized carbons (Fsp3) is 0.429. The van der Waals surface area contributed by atoms with E-state index in [1.807, 2.05) is 0 Å². The van der Waals surface area contributed by atoms with Gasteiger partial charge in [0.1, 0.15) is 12.1 Å². The monoisotopic (exact) mass is 330 g/mol. The molecule has 3 N–H and O–H groups in total. The lowest BCUT2D eigenvalue weighted by atomic mass is 10.0. The highest BCUT2D eigenvalue weighted by atomic mass is 35.5. The van der Waals surface area contributed by atoms with Crippen LogP contribution in [0.2, 0.25) is 10.0 Å². The molecule has 21 heavy (non-hydrogen) atoms. The van der Waals surface area contributed by atoms with E-state index in [0.717, 1.165) is 6.42 Å². The summed E-state index contributed by atoms with van der Waals surface area (Å²) in [6, 6.07) is 4.17. The van der Waals surface area contributed by atoms with Crippen molar-refractivity contribution in [2.24, 2.45) is 5.73 Å². The topological polar surface area (TPSA) is 81.4 Å². The molecule has 1 fully saturated rings. The van der Waals surface area contributed by atoms with Gasteiger partial charge >= 0.3 is 0 Å². The first-order valence-electron chi connectivity index (χ1n) is 6.63. The van der Waals surface area contributed by atoms with Gasteiger partial charge in [-0.05, 0) is 30.5 Å². The lowest BCUT2D eigenvalue weighted by Gasteiger charge is -2.19. The number of ether oxygens (including phenoxy) is 1. The van der Waals surface area contributed by atoms with Crippen molar-refractivity contribution in [1.82, 2.24) is 5.32 Å². The van der Waals surface area contributed by atoms with Gasteiger partial charge in [-0.15, -0.1) is 0 Å². The maximum absolute atomic E-state index is 12.0. The highest BCUT2D eigenvalue weighted by molar-refractivity contribution is 6.36. The first-order chi connectivity index (χ1) is 9.99. The minimum Gasteiger partial charge on any atom is -0.368 e. The van der Waals surface area contributed by atoms with Gasteiger partial charge in [0.2, 0.25) is 11.8 Å². The smallest absolute Gasteiger partial charge is 0.249 e. The summed E-state index contributed by atoms with van der Waals surface area (Å²) in [6.45, 7) is 0.551. The minimum absolute atomic E-state index is 0.145. The van der Waals surface area contributed by atoms with Gasteiger partial charge in [-0.3, -0.25) is 9.59 Å². The molecule has 0 radical (unpaired) electrons. The van der Waals surface area contributed by atoms with Crippen LogP contribution in [0.1, 0.15) is 18.4 Å². The zero-order valence-corrected chi connectivity index (χ0v) is 12.8. The van der Waals surface area contributed by atoms with E-state index >= 15 is 0 Å². The van der Waals surface area contributed by atoms with Crippen LogP contribution in [0.3, 0.4) is 0 Å². The molecular weight excluding hydrogens is 315 g/mol. The van der Waals surface area contributed by atoms with Crippen LogP contribution in [-0.2, 0) is 20.7 Å². The molecule has 2 rings (SSSR count). The number of amides is 2. The van der Waals surface area contributed by atoms with Crippen LogP contribution in [0.4, 0.5) is 0 Å². The molecule has 0 unspecified atom stereocenters. The lowest BCUT2D eigenvalue weighted by molar-refractivity contribution is -0.133. The molecule has 5 nitrogen and oxygen atoms in total. The van der Waals surface area contributed by atoms with E-state index in [1.54, 1.807) is 18.2 Å². The summed E-state index contributed by atoms with van der Waals surface area (Å²) < 4.78 is 5.28. The molecule has 1 aromatic carbocycles. The van der Waals surface area contributed by atoms with Crippen molar-refractivity contribution in [3.63, 3.8) is 0 Å². The number of halogens is 2. The van der Waals surface area contributed by atoms with Crippen molar-refractivity contribution in [3.8, 4) is 0 Å². The van der Waals surface area contributed by atoms with Crippen molar-refractivity contribution in [1.29, 1.82) is 0 Å². The van der Waals surface area contributed by atoms with E-state index in [-0.39, 0.29) is 12.3 Å². The van der Waals surface area contributed by atoms with Crippen LogP contribution < -0.4 is 11.1 Å². The Morgan fingerprint density at radius 3 is 2.57 bits per heavy atom. The SMILES string of the molecule is NC(=O)[C@H](Cc1c(Cl)cccc1Cl)NC(=O)[C@H]1CCCO1. The predicted octanol–water partition coefficient (Wildman–Crippen LogP) is 1.68. The number of primary amides is 1. The van der Waals surface area contributed by atoms with E-state index in [2.05, 4.69) is 5.32 Å². The molecule has 1 aromatic rings. The number of benzene rings is 1. The molecule has 1 heterocycles. The van der Waals surface area contributed by atoms with Gasteiger partial charge in [0.25, 0.3) is 0 Å². The second-order valence-corrected chi connectivity index (χ2v) is 5.68. The summed E-state index contributed by atoms with van der Waals surface area (Å²) in [4.78, 5) is 23.6. The van der Waals surface area contributed by atoms with Gasteiger partial charge in [-0.2, -0.15) is 0 Å². The Hall–Kier alpha value is -1.30. The molecule has 2 amide bonds. The molecule has 0 bridgehead atoms. The zero-order chi connectivity index (χ0) is 15.4. The average Bonchev–Trinajstić information content (AvgIpc) is 2.95. The van der Waals surface area contributed by atoms with Crippen LogP contribution in [0.15, 0.2) is 18.2 Å². The average molecular weight is 331 g/mol. The van der Waals surface area contributed by atoms with Crippen LogP contribution in [0.25, 0.3) is 0 Å². The van der Waals surface area contributed by atoms with Gasteiger partial charge in [-0.25, -0.2) is 0 Å². The molecule has 1 saturated heterocycles.